The predicted octanol–water partition coefficient (Wildman–Crippen LogP) is 24.9. The number of rotatable bonds is 15. The maximum Gasteiger partial charge on any atom is 0.0541 e. The topological polar surface area (TPSA) is 9.86 Å². The van der Waals surface area contributed by atoms with E-state index in [0.29, 0.717) is 0 Å². The minimum atomic E-state index is 1.11. The molecule has 0 aliphatic rings. The second-order valence-corrected chi connectivity index (χ2v) is 24.2. The van der Waals surface area contributed by atoms with Gasteiger partial charge in [-0.25, -0.2) is 0 Å². The molecule has 0 unspecified atom stereocenters. The lowest BCUT2D eigenvalue weighted by Gasteiger charge is -2.12. The molecule has 94 heavy (non-hydrogen) atoms. The Morgan fingerprint density at radius 3 is 0.532 bits per heavy atom. The maximum absolute atomic E-state index is 2.43. The number of hydrogen-bond donors (Lipinski definition) is 0. The molecule has 0 amide bonds. The van der Waals surface area contributed by atoms with Crippen molar-refractivity contribution in [3.05, 3.63) is 384 Å². The predicted molar refractivity (Wildman–Crippen MR) is 404 cm³/mol. The largest absolute Gasteiger partial charge is 0.309 e. The van der Waals surface area contributed by atoms with Gasteiger partial charge in [-0.1, -0.05) is 316 Å². The Bertz CT molecular complexity index is 4830. The van der Waals surface area contributed by atoms with Crippen molar-refractivity contribution in [1.82, 2.24) is 9.13 Å². The van der Waals surface area contributed by atoms with Crippen LogP contribution in [-0.2, 0) is 0 Å². The molecule has 442 valence electrons. The van der Waals surface area contributed by atoms with E-state index in [4.69, 9.17) is 0 Å². The summed E-state index contributed by atoms with van der Waals surface area (Å²) < 4.78 is 4.86. The number of nitrogens with zero attached hydrogens (tertiary/aromatic N) is 2. The van der Waals surface area contributed by atoms with E-state index in [1.54, 1.807) is 0 Å². The molecule has 16 rings (SSSR count). The van der Waals surface area contributed by atoms with Gasteiger partial charge in [-0.05, 0) is 173 Å². The molecule has 2 aromatic heterocycles. The standard InChI is InChI=1S/C92H64N2/c1-5-13-65(14-6-1)21-25-69-29-37-75(38-30-69)79-49-57-89-85(61-79)86-62-80(76-39-31-70(32-40-76)26-22-66-15-7-2-8-16-66)50-58-90(86)93(89)83-53-45-73(46-54-83)74-47-55-84(56-48-74)94-91-59-51-81(77-41-33-71(34-42-77)27-23-67-17-9-3-10-18-67)63-87(91)88-64-82(52-60-92(88)94)78-43-35-72(36-44-78)28-24-68-19-11-4-12-20-68/h1-64H. The molecule has 0 radical (unpaired) electrons. The Kier molecular flexibility index (Phi) is 15.4. The lowest BCUT2D eigenvalue weighted by Crippen LogP contribution is -1.95. The zero-order chi connectivity index (χ0) is 62.6. The highest BCUT2D eigenvalue weighted by atomic mass is 15.0. The highest BCUT2D eigenvalue weighted by Crippen LogP contribution is 2.41. The van der Waals surface area contributed by atoms with Gasteiger partial charge in [0.1, 0.15) is 0 Å². The van der Waals surface area contributed by atoms with Crippen LogP contribution in [0.15, 0.2) is 340 Å². The third-order valence-corrected chi connectivity index (χ3v) is 18.2. The molecular weight excluding hydrogens is 1130 g/mol. The van der Waals surface area contributed by atoms with Crippen molar-refractivity contribution in [3.63, 3.8) is 0 Å². The third kappa shape index (κ3) is 11.9. The van der Waals surface area contributed by atoms with Crippen LogP contribution in [-0.4, -0.2) is 9.13 Å². The van der Waals surface area contributed by atoms with Crippen molar-refractivity contribution in [3.8, 4) is 67.0 Å². The van der Waals surface area contributed by atoms with E-state index in [1.807, 2.05) is 0 Å². The summed E-state index contributed by atoms with van der Waals surface area (Å²) in [6.45, 7) is 0. The van der Waals surface area contributed by atoms with Crippen LogP contribution in [0.25, 0.3) is 159 Å². The van der Waals surface area contributed by atoms with Crippen molar-refractivity contribution in [2.75, 3.05) is 0 Å². The van der Waals surface area contributed by atoms with Gasteiger partial charge in [0.05, 0.1) is 22.1 Å². The summed E-state index contributed by atoms with van der Waals surface area (Å²) in [6.07, 6.45) is 17.4. The van der Waals surface area contributed by atoms with Gasteiger partial charge >= 0.3 is 0 Å². The molecule has 2 nitrogen and oxygen atoms in total. The van der Waals surface area contributed by atoms with Gasteiger partial charge in [0.15, 0.2) is 0 Å². The second kappa shape index (κ2) is 25.5. The summed E-state index contributed by atoms with van der Waals surface area (Å²) in [6, 6.07) is 123. The van der Waals surface area contributed by atoms with Crippen molar-refractivity contribution in [2.24, 2.45) is 0 Å². The molecule has 2 heteroatoms. The molecule has 16 aromatic rings. The molecule has 0 aliphatic carbocycles. The molecule has 0 spiro atoms. The van der Waals surface area contributed by atoms with E-state index in [-0.39, 0.29) is 0 Å². The third-order valence-electron chi connectivity index (χ3n) is 18.2. The minimum absolute atomic E-state index is 1.11. The first-order chi connectivity index (χ1) is 46.5. The fraction of sp³-hybridized carbons (Fsp3) is 0. The van der Waals surface area contributed by atoms with E-state index >= 15 is 0 Å². The minimum Gasteiger partial charge on any atom is -0.309 e. The first-order valence-electron chi connectivity index (χ1n) is 32.3. The summed E-state index contributed by atoms with van der Waals surface area (Å²) >= 11 is 0. The molecule has 0 saturated carbocycles. The lowest BCUT2D eigenvalue weighted by atomic mass is 9.99. The zero-order valence-corrected chi connectivity index (χ0v) is 51.8. The van der Waals surface area contributed by atoms with Crippen LogP contribution in [0.1, 0.15) is 44.5 Å². The maximum atomic E-state index is 2.43. The average Bonchev–Trinajstić information content (AvgIpc) is 1.59. The first-order valence-corrected chi connectivity index (χ1v) is 32.3. The van der Waals surface area contributed by atoms with Crippen LogP contribution >= 0.6 is 0 Å². The molecule has 0 saturated heterocycles. The van der Waals surface area contributed by atoms with E-state index in [9.17, 15) is 0 Å². The number of hydrogen-bond acceptors (Lipinski definition) is 0. The van der Waals surface area contributed by atoms with Gasteiger partial charge in [0.2, 0.25) is 0 Å². The van der Waals surface area contributed by atoms with Gasteiger partial charge in [-0.3, -0.25) is 0 Å². The lowest BCUT2D eigenvalue weighted by molar-refractivity contribution is 1.18. The second-order valence-electron chi connectivity index (χ2n) is 24.2. The summed E-state index contributed by atoms with van der Waals surface area (Å²) in [5.74, 6) is 0. The Morgan fingerprint density at radius 1 is 0.149 bits per heavy atom. The van der Waals surface area contributed by atoms with Crippen molar-refractivity contribution < 1.29 is 0 Å². The summed E-state index contributed by atoms with van der Waals surface area (Å²) in [5.41, 5.74) is 28.1. The van der Waals surface area contributed by atoms with Crippen molar-refractivity contribution >= 4 is 92.2 Å². The van der Waals surface area contributed by atoms with Gasteiger partial charge in [0, 0.05) is 32.9 Å². The van der Waals surface area contributed by atoms with E-state index in [1.165, 1.54) is 111 Å². The molecule has 0 bridgehead atoms. The fourth-order valence-corrected chi connectivity index (χ4v) is 13.1. The number of fused-ring (bicyclic) bond motifs is 6. The molecule has 0 fully saturated rings. The van der Waals surface area contributed by atoms with Gasteiger partial charge < -0.3 is 9.13 Å². The van der Waals surface area contributed by atoms with Crippen LogP contribution in [0.2, 0.25) is 0 Å². The quantitative estimate of drug-likeness (QED) is 0.0906. The first kappa shape index (κ1) is 56.8. The Hall–Kier alpha value is -12.4. The molecule has 0 N–H and O–H groups in total. The highest BCUT2D eigenvalue weighted by molar-refractivity contribution is 6.13. The van der Waals surface area contributed by atoms with Crippen LogP contribution in [0.3, 0.4) is 0 Å². The molecule has 2 heterocycles. The fourth-order valence-electron chi connectivity index (χ4n) is 13.1. The number of aromatic nitrogens is 2. The van der Waals surface area contributed by atoms with Crippen molar-refractivity contribution in [1.29, 1.82) is 0 Å². The van der Waals surface area contributed by atoms with Crippen LogP contribution < -0.4 is 0 Å². The molecular formula is C92H64N2. The molecule has 14 aromatic carbocycles. The number of benzene rings is 14. The van der Waals surface area contributed by atoms with E-state index in [2.05, 4.69) is 397 Å². The van der Waals surface area contributed by atoms with Gasteiger partial charge in [0.25, 0.3) is 0 Å². The Morgan fingerprint density at radius 2 is 0.319 bits per heavy atom. The smallest absolute Gasteiger partial charge is 0.0541 e. The van der Waals surface area contributed by atoms with Crippen LogP contribution in [0, 0.1) is 0 Å². The Labute approximate surface area is 549 Å². The van der Waals surface area contributed by atoms with Gasteiger partial charge in [-0.15, -0.1) is 0 Å². The van der Waals surface area contributed by atoms with E-state index < -0.39 is 0 Å². The normalized spacial score (nSPS) is 11.9. The highest BCUT2D eigenvalue weighted by Gasteiger charge is 2.18. The van der Waals surface area contributed by atoms with E-state index in [0.717, 1.165) is 44.6 Å². The zero-order valence-electron chi connectivity index (χ0n) is 51.8. The van der Waals surface area contributed by atoms with Crippen LogP contribution in [0.4, 0.5) is 0 Å². The summed E-state index contributed by atoms with van der Waals surface area (Å²) in [4.78, 5) is 0. The average molecular weight is 1200 g/mol. The van der Waals surface area contributed by atoms with Crippen molar-refractivity contribution in [2.45, 2.75) is 0 Å². The SMILES string of the molecule is C(=Cc1ccc(-c2ccc3c(c2)c2cc(-c4ccc(C=Cc5ccccc5)cc4)ccc2n3-c2ccc(-c3ccc(-n4c5ccc(-c6ccc(C=Cc7ccccc7)cc6)cc5c5cc(-c6ccc(C=Cc7ccccc7)cc6)ccc54)cc3)cc2)cc1)c1ccccc1. The summed E-state index contributed by atoms with van der Waals surface area (Å²) in [5, 5.41) is 4.85. The van der Waals surface area contributed by atoms with Gasteiger partial charge in [-0.2, -0.15) is 0 Å². The molecule has 0 atom stereocenters. The summed E-state index contributed by atoms with van der Waals surface area (Å²) in [7, 11) is 0. The monoisotopic (exact) mass is 1200 g/mol. The molecule has 0 aliphatic heterocycles. The van der Waals surface area contributed by atoms with Crippen LogP contribution in [0.5, 0.6) is 0 Å². The Balaban J connectivity index is 0.723.